The van der Waals surface area contributed by atoms with Crippen LogP contribution in [-0.4, -0.2) is 64.6 Å². The number of nitrogens with one attached hydrogen (secondary N) is 2. The fourth-order valence-electron chi connectivity index (χ4n) is 2.96. The van der Waals surface area contributed by atoms with Gasteiger partial charge in [0.05, 0.1) is 18.8 Å². The molecule has 1 fully saturated rings. The van der Waals surface area contributed by atoms with E-state index < -0.39 is 0 Å². The highest BCUT2D eigenvalue weighted by molar-refractivity contribution is 5.74. The third-order valence-corrected chi connectivity index (χ3v) is 4.03. The highest BCUT2D eigenvalue weighted by Crippen LogP contribution is 2.13. The van der Waals surface area contributed by atoms with E-state index in [1.54, 1.807) is 6.20 Å². The lowest BCUT2D eigenvalue weighted by atomic mass is 10.2. The van der Waals surface area contributed by atoms with Gasteiger partial charge in [-0.1, -0.05) is 0 Å². The van der Waals surface area contributed by atoms with E-state index in [1.807, 2.05) is 23.9 Å². The summed E-state index contributed by atoms with van der Waals surface area (Å²) in [6.07, 6.45) is 4.10. The van der Waals surface area contributed by atoms with E-state index in [0.29, 0.717) is 13.1 Å². The Morgan fingerprint density at radius 1 is 1.35 bits per heavy atom. The van der Waals surface area contributed by atoms with Crippen LogP contribution in [0.25, 0.3) is 0 Å². The quantitative estimate of drug-likeness (QED) is 0.821. The second-order valence-electron chi connectivity index (χ2n) is 6.54. The van der Waals surface area contributed by atoms with Crippen molar-refractivity contribution in [1.29, 1.82) is 0 Å². The zero-order valence-corrected chi connectivity index (χ0v) is 14.5. The molecule has 0 radical (unpaired) electrons. The first-order valence-corrected chi connectivity index (χ1v) is 8.35. The molecular weight excluding hydrogens is 294 g/mol. The first-order valence-electron chi connectivity index (χ1n) is 8.35. The molecule has 2 N–H and O–H groups in total. The summed E-state index contributed by atoms with van der Waals surface area (Å²) in [5.41, 5.74) is 0. The van der Waals surface area contributed by atoms with Gasteiger partial charge >= 0.3 is 6.03 Å². The molecule has 0 bridgehead atoms. The number of hydrogen-bond acceptors (Lipinski definition) is 4. The van der Waals surface area contributed by atoms with Gasteiger partial charge in [0.15, 0.2) is 0 Å². The summed E-state index contributed by atoms with van der Waals surface area (Å²) < 4.78 is 7.55. The van der Waals surface area contributed by atoms with Crippen molar-refractivity contribution in [2.75, 3.05) is 19.6 Å². The van der Waals surface area contributed by atoms with Gasteiger partial charge in [-0.15, -0.1) is 0 Å². The van der Waals surface area contributed by atoms with Gasteiger partial charge in [0.2, 0.25) is 0 Å². The van der Waals surface area contributed by atoms with Crippen LogP contribution in [0.5, 0.6) is 0 Å². The Labute approximate surface area is 138 Å². The molecule has 2 amide bonds. The zero-order chi connectivity index (χ0) is 16.8. The number of aromatic nitrogens is 2. The highest BCUT2D eigenvalue weighted by Gasteiger charge is 2.25. The smallest absolute Gasteiger partial charge is 0.315 e. The summed E-state index contributed by atoms with van der Waals surface area (Å²) in [5.74, 6) is 0. The van der Waals surface area contributed by atoms with Crippen LogP contribution in [0.15, 0.2) is 18.5 Å². The molecule has 7 nitrogen and oxygen atoms in total. The average molecular weight is 323 g/mol. The van der Waals surface area contributed by atoms with Crippen molar-refractivity contribution in [3.05, 3.63) is 18.5 Å². The van der Waals surface area contributed by atoms with Crippen molar-refractivity contribution in [3.8, 4) is 0 Å². The summed E-state index contributed by atoms with van der Waals surface area (Å²) in [5, 5.41) is 10.0. The second kappa shape index (κ2) is 8.31. The summed E-state index contributed by atoms with van der Waals surface area (Å²) in [4.78, 5) is 14.4. The first kappa shape index (κ1) is 17.7. The molecule has 4 atom stereocenters. The minimum atomic E-state index is -0.133. The van der Waals surface area contributed by atoms with E-state index >= 15 is 0 Å². The van der Waals surface area contributed by atoms with E-state index in [4.69, 9.17) is 4.74 Å². The predicted molar refractivity (Wildman–Crippen MR) is 89.3 cm³/mol. The van der Waals surface area contributed by atoms with Crippen LogP contribution in [0.4, 0.5) is 4.79 Å². The minimum absolute atomic E-state index is 0.0219. The number of nitrogens with zero attached hydrogens (tertiary/aromatic N) is 3. The minimum Gasteiger partial charge on any atom is -0.373 e. The maximum Gasteiger partial charge on any atom is 0.315 e. The van der Waals surface area contributed by atoms with Gasteiger partial charge in [0, 0.05) is 44.1 Å². The number of amides is 2. The number of ether oxygens (including phenoxy) is 1. The van der Waals surface area contributed by atoms with E-state index in [1.165, 1.54) is 0 Å². The molecule has 0 aliphatic carbocycles. The standard InChI is InChI=1S/C16H29N5O2/c1-12(9-21-7-5-6-18-21)19-16(22)17-8-13(2)20-10-14(3)23-15(4)11-20/h5-7,12-15H,8-11H2,1-4H3,(H2,17,19,22). The Kier molecular flexibility index (Phi) is 6.41. The van der Waals surface area contributed by atoms with Crippen LogP contribution in [0, 0.1) is 0 Å². The van der Waals surface area contributed by atoms with Gasteiger partial charge in [0.1, 0.15) is 0 Å². The lowest BCUT2D eigenvalue weighted by Crippen LogP contribution is -2.53. The number of morpholine rings is 1. The molecule has 4 unspecified atom stereocenters. The molecule has 130 valence electrons. The van der Waals surface area contributed by atoms with Gasteiger partial charge in [-0.2, -0.15) is 5.10 Å². The van der Waals surface area contributed by atoms with Crippen LogP contribution in [0.1, 0.15) is 27.7 Å². The van der Waals surface area contributed by atoms with Crippen molar-refractivity contribution < 1.29 is 9.53 Å². The number of hydrogen-bond donors (Lipinski definition) is 2. The normalized spacial score (nSPS) is 24.9. The van der Waals surface area contributed by atoms with Crippen LogP contribution in [0.3, 0.4) is 0 Å². The molecule has 1 aromatic heterocycles. The van der Waals surface area contributed by atoms with Crippen molar-refractivity contribution in [3.63, 3.8) is 0 Å². The molecule has 0 aromatic carbocycles. The molecule has 0 spiro atoms. The third-order valence-electron chi connectivity index (χ3n) is 4.03. The molecule has 2 rings (SSSR count). The van der Waals surface area contributed by atoms with Crippen LogP contribution in [0.2, 0.25) is 0 Å². The molecular formula is C16H29N5O2. The number of rotatable bonds is 6. The van der Waals surface area contributed by atoms with E-state index in [0.717, 1.165) is 13.1 Å². The number of carbonyl (C=O) groups is 1. The summed E-state index contributed by atoms with van der Waals surface area (Å²) in [6.45, 7) is 11.4. The maximum absolute atomic E-state index is 12.0. The Balaban J connectivity index is 1.69. The summed E-state index contributed by atoms with van der Waals surface area (Å²) in [6, 6.07) is 2.05. The Bertz CT molecular complexity index is 469. The van der Waals surface area contributed by atoms with Crippen molar-refractivity contribution in [2.45, 2.75) is 58.5 Å². The molecule has 1 aliphatic rings. The number of carbonyl (C=O) groups excluding carboxylic acids is 1. The van der Waals surface area contributed by atoms with Crippen molar-refractivity contribution in [1.82, 2.24) is 25.3 Å². The Morgan fingerprint density at radius 2 is 2.04 bits per heavy atom. The highest BCUT2D eigenvalue weighted by atomic mass is 16.5. The van der Waals surface area contributed by atoms with Gasteiger partial charge in [-0.05, 0) is 33.8 Å². The monoisotopic (exact) mass is 323 g/mol. The summed E-state index contributed by atoms with van der Waals surface area (Å²) in [7, 11) is 0. The SMILES string of the molecule is CC(Cn1cccn1)NC(=O)NCC(C)N1CC(C)OC(C)C1. The average Bonchev–Trinajstić information content (AvgIpc) is 2.96. The third kappa shape index (κ3) is 5.84. The molecule has 7 heteroatoms. The maximum atomic E-state index is 12.0. The van der Waals surface area contributed by atoms with Crippen molar-refractivity contribution >= 4 is 6.03 Å². The molecule has 1 aromatic rings. The van der Waals surface area contributed by atoms with Crippen LogP contribution >= 0.6 is 0 Å². The van der Waals surface area contributed by atoms with Gasteiger partial charge in [-0.3, -0.25) is 9.58 Å². The predicted octanol–water partition coefficient (Wildman–Crippen LogP) is 1.07. The van der Waals surface area contributed by atoms with Crippen molar-refractivity contribution in [2.24, 2.45) is 0 Å². The Morgan fingerprint density at radius 3 is 2.65 bits per heavy atom. The lowest BCUT2D eigenvalue weighted by Gasteiger charge is -2.39. The van der Waals surface area contributed by atoms with Crippen LogP contribution < -0.4 is 10.6 Å². The zero-order valence-electron chi connectivity index (χ0n) is 14.5. The van der Waals surface area contributed by atoms with Crippen LogP contribution in [-0.2, 0) is 11.3 Å². The fraction of sp³-hybridized carbons (Fsp3) is 0.750. The molecule has 1 aliphatic heterocycles. The molecule has 23 heavy (non-hydrogen) atoms. The second-order valence-corrected chi connectivity index (χ2v) is 6.54. The lowest BCUT2D eigenvalue weighted by molar-refractivity contribution is -0.0778. The van der Waals surface area contributed by atoms with Gasteiger partial charge < -0.3 is 15.4 Å². The number of urea groups is 1. The topological polar surface area (TPSA) is 71.4 Å². The van der Waals surface area contributed by atoms with Gasteiger partial charge in [0.25, 0.3) is 0 Å². The van der Waals surface area contributed by atoms with E-state index in [9.17, 15) is 4.79 Å². The summed E-state index contributed by atoms with van der Waals surface area (Å²) >= 11 is 0. The molecule has 2 heterocycles. The fourth-order valence-corrected chi connectivity index (χ4v) is 2.96. The van der Waals surface area contributed by atoms with Gasteiger partial charge in [-0.25, -0.2) is 4.79 Å². The first-order chi connectivity index (χ1) is 10.9. The molecule has 1 saturated heterocycles. The largest absolute Gasteiger partial charge is 0.373 e. The van der Waals surface area contributed by atoms with E-state index in [2.05, 4.69) is 41.4 Å². The Hall–Kier alpha value is -1.60. The molecule has 0 saturated carbocycles. The van der Waals surface area contributed by atoms with E-state index in [-0.39, 0.29) is 30.3 Å².